The number of piperazine rings is 1. The monoisotopic (exact) mass is 345 g/mol. The molecule has 2 heterocycles. The van der Waals surface area contributed by atoms with Crippen molar-refractivity contribution in [2.45, 2.75) is 26.4 Å². The van der Waals surface area contributed by atoms with E-state index in [1.807, 2.05) is 4.90 Å². The van der Waals surface area contributed by atoms with E-state index in [1.165, 1.54) is 18.2 Å². The van der Waals surface area contributed by atoms with Crippen LogP contribution in [0.25, 0.3) is 0 Å². The molecule has 0 aromatic heterocycles. The number of hydrogen-bond donors (Lipinski definition) is 1. The fraction of sp³-hybridized carbons (Fsp3) is 0.579. The Morgan fingerprint density at radius 1 is 1.12 bits per heavy atom. The number of aryl methyl sites for hydroxylation is 1. The van der Waals surface area contributed by atoms with Crippen LogP contribution in [0.3, 0.4) is 0 Å². The number of likely N-dealkylation sites (tertiary alicyclic amines) is 1. The number of anilines is 1. The van der Waals surface area contributed by atoms with Crippen molar-refractivity contribution in [2.24, 2.45) is 5.92 Å². The van der Waals surface area contributed by atoms with Gasteiger partial charge in [-0.15, -0.1) is 0 Å². The first kappa shape index (κ1) is 17.7. The average molecular weight is 345 g/mol. The Balaban J connectivity index is 1.51. The van der Waals surface area contributed by atoms with Crippen LogP contribution in [0.5, 0.6) is 0 Å². The molecular weight excluding hydrogens is 318 g/mol. The summed E-state index contributed by atoms with van der Waals surface area (Å²) in [6, 6.07) is 8.42. The van der Waals surface area contributed by atoms with Gasteiger partial charge in [0.15, 0.2) is 0 Å². The first-order valence-corrected chi connectivity index (χ1v) is 8.97. The molecule has 0 aliphatic carbocycles. The van der Waals surface area contributed by atoms with Crippen LogP contribution in [0.2, 0.25) is 0 Å². The maximum Gasteiger partial charge on any atom is 0.223 e. The van der Waals surface area contributed by atoms with E-state index in [9.17, 15) is 14.7 Å². The minimum Gasteiger partial charge on any atom is -0.391 e. The molecule has 0 spiro atoms. The van der Waals surface area contributed by atoms with Gasteiger partial charge < -0.3 is 19.8 Å². The van der Waals surface area contributed by atoms with Crippen LogP contribution >= 0.6 is 0 Å². The number of aliphatic hydroxyl groups excluding tert-OH is 1. The maximum absolute atomic E-state index is 12.6. The zero-order valence-corrected chi connectivity index (χ0v) is 15.0. The first-order chi connectivity index (χ1) is 11.9. The Bertz CT molecular complexity index is 641. The number of nitrogens with zero attached hydrogens (tertiary/aromatic N) is 3. The topological polar surface area (TPSA) is 64.1 Å². The van der Waals surface area contributed by atoms with Crippen LogP contribution in [-0.4, -0.2) is 72.1 Å². The Labute approximate surface area is 149 Å². The van der Waals surface area contributed by atoms with Crippen molar-refractivity contribution in [3.05, 3.63) is 29.8 Å². The summed E-state index contributed by atoms with van der Waals surface area (Å²) in [5.74, 6) is -0.106. The van der Waals surface area contributed by atoms with Gasteiger partial charge in [-0.25, -0.2) is 0 Å². The molecule has 2 aliphatic rings. The third-order valence-electron chi connectivity index (χ3n) is 5.29. The molecule has 0 radical (unpaired) electrons. The van der Waals surface area contributed by atoms with Crippen molar-refractivity contribution in [1.29, 1.82) is 0 Å². The van der Waals surface area contributed by atoms with E-state index in [1.54, 1.807) is 4.90 Å². The van der Waals surface area contributed by atoms with E-state index in [0.717, 1.165) is 13.1 Å². The van der Waals surface area contributed by atoms with Gasteiger partial charge in [-0.1, -0.05) is 12.1 Å². The fourth-order valence-corrected chi connectivity index (χ4v) is 3.70. The molecular formula is C19H27N3O3. The Morgan fingerprint density at radius 3 is 2.44 bits per heavy atom. The summed E-state index contributed by atoms with van der Waals surface area (Å²) in [6.45, 7) is 7.45. The molecule has 0 bridgehead atoms. The quantitative estimate of drug-likeness (QED) is 0.883. The minimum atomic E-state index is -0.596. The lowest BCUT2D eigenvalue weighted by atomic mass is 10.0. The molecule has 0 unspecified atom stereocenters. The lowest BCUT2D eigenvalue weighted by molar-refractivity contribution is -0.133. The van der Waals surface area contributed by atoms with Gasteiger partial charge in [-0.05, 0) is 24.6 Å². The van der Waals surface area contributed by atoms with Gasteiger partial charge in [-0.2, -0.15) is 0 Å². The standard InChI is InChI=1S/C19H27N3O3/c1-14-4-3-5-17(10-14)20-6-8-21(9-7-20)19(25)11-16-12-22(15(2)23)13-18(16)24/h3-5,10,16,18,24H,6-9,11-13H2,1-2H3/t16-,18-/m0/s1. The SMILES string of the molecule is CC(=O)N1C[C@H](CC(=O)N2CCN(c3cccc(C)c3)CC2)[C@@H](O)C1. The highest BCUT2D eigenvalue weighted by Gasteiger charge is 2.35. The second-order valence-corrected chi connectivity index (χ2v) is 7.16. The van der Waals surface area contributed by atoms with E-state index in [4.69, 9.17) is 0 Å². The zero-order valence-electron chi connectivity index (χ0n) is 15.0. The predicted molar refractivity (Wildman–Crippen MR) is 96.3 cm³/mol. The molecule has 2 fully saturated rings. The van der Waals surface area contributed by atoms with Gasteiger partial charge in [0.05, 0.1) is 6.10 Å². The normalized spacial score (nSPS) is 23.9. The van der Waals surface area contributed by atoms with Crippen LogP contribution in [-0.2, 0) is 9.59 Å². The van der Waals surface area contributed by atoms with E-state index in [2.05, 4.69) is 36.1 Å². The molecule has 0 saturated carbocycles. The molecule has 2 atom stereocenters. The van der Waals surface area contributed by atoms with Crippen LogP contribution in [0, 0.1) is 12.8 Å². The van der Waals surface area contributed by atoms with Gasteiger partial charge in [0.25, 0.3) is 0 Å². The molecule has 3 rings (SSSR count). The van der Waals surface area contributed by atoms with E-state index < -0.39 is 6.10 Å². The Kier molecular flexibility index (Phi) is 5.27. The minimum absolute atomic E-state index is 0.0410. The molecule has 2 aliphatic heterocycles. The van der Waals surface area contributed by atoms with Crippen LogP contribution in [0.4, 0.5) is 5.69 Å². The molecule has 1 aromatic rings. The summed E-state index contributed by atoms with van der Waals surface area (Å²) in [7, 11) is 0. The third kappa shape index (κ3) is 4.12. The molecule has 2 saturated heterocycles. The smallest absolute Gasteiger partial charge is 0.223 e. The average Bonchev–Trinajstić information content (AvgIpc) is 2.96. The van der Waals surface area contributed by atoms with Crippen LogP contribution in [0.1, 0.15) is 18.9 Å². The number of carbonyl (C=O) groups excluding carboxylic acids is 2. The Morgan fingerprint density at radius 2 is 1.84 bits per heavy atom. The molecule has 25 heavy (non-hydrogen) atoms. The highest BCUT2D eigenvalue weighted by atomic mass is 16.3. The largest absolute Gasteiger partial charge is 0.391 e. The molecule has 1 N–H and O–H groups in total. The summed E-state index contributed by atoms with van der Waals surface area (Å²) < 4.78 is 0. The number of benzene rings is 1. The van der Waals surface area contributed by atoms with Gasteiger partial charge in [0.1, 0.15) is 0 Å². The third-order valence-corrected chi connectivity index (χ3v) is 5.29. The summed E-state index contributed by atoms with van der Waals surface area (Å²) >= 11 is 0. The first-order valence-electron chi connectivity index (χ1n) is 8.97. The van der Waals surface area contributed by atoms with Crippen molar-refractivity contribution in [3.63, 3.8) is 0 Å². The Hall–Kier alpha value is -2.08. The van der Waals surface area contributed by atoms with Gasteiger partial charge in [0, 0.05) is 64.2 Å². The van der Waals surface area contributed by atoms with Gasteiger partial charge >= 0.3 is 0 Å². The number of carbonyl (C=O) groups is 2. The molecule has 136 valence electrons. The highest BCUT2D eigenvalue weighted by Crippen LogP contribution is 2.23. The van der Waals surface area contributed by atoms with Crippen molar-refractivity contribution < 1.29 is 14.7 Å². The van der Waals surface area contributed by atoms with Crippen molar-refractivity contribution in [3.8, 4) is 0 Å². The second kappa shape index (κ2) is 7.44. The summed E-state index contributed by atoms with van der Waals surface area (Å²) in [4.78, 5) is 29.8. The summed E-state index contributed by atoms with van der Waals surface area (Å²) in [5.41, 5.74) is 2.44. The second-order valence-electron chi connectivity index (χ2n) is 7.16. The van der Waals surface area contributed by atoms with E-state index >= 15 is 0 Å². The van der Waals surface area contributed by atoms with Crippen molar-refractivity contribution >= 4 is 17.5 Å². The van der Waals surface area contributed by atoms with Crippen LogP contribution in [0.15, 0.2) is 24.3 Å². The molecule has 2 amide bonds. The lowest BCUT2D eigenvalue weighted by Crippen LogP contribution is -2.49. The number of aliphatic hydroxyl groups is 1. The van der Waals surface area contributed by atoms with E-state index in [0.29, 0.717) is 32.6 Å². The van der Waals surface area contributed by atoms with Crippen molar-refractivity contribution in [1.82, 2.24) is 9.80 Å². The molecule has 1 aromatic carbocycles. The lowest BCUT2D eigenvalue weighted by Gasteiger charge is -2.36. The summed E-state index contributed by atoms with van der Waals surface area (Å²) in [6.07, 6.45) is -0.281. The van der Waals surface area contributed by atoms with Crippen LogP contribution < -0.4 is 4.90 Å². The fourth-order valence-electron chi connectivity index (χ4n) is 3.70. The maximum atomic E-state index is 12.6. The van der Waals surface area contributed by atoms with Gasteiger partial charge in [0.2, 0.25) is 11.8 Å². The number of amides is 2. The van der Waals surface area contributed by atoms with Crippen molar-refractivity contribution in [2.75, 3.05) is 44.2 Å². The number of rotatable bonds is 3. The van der Waals surface area contributed by atoms with Gasteiger partial charge in [-0.3, -0.25) is 9.59 Å². The van der Waals surface area contributed by atoms with E-state index in [-0.39, 0.29) is 17.7 Å². The predicted octanol–water partition coefficient (Wildman–Crippen LogP) is 0.873. The number of hydrogen-bond acceptors (Lipinski definition) is 4. The molecule has 6 heteroatoms. The zero-order chi connectivity index (χ0) is 18.0. The highest BCUT2D eigenvalue weighted by molar-refractivity contribution is 5.77. The summed E-state index contributed by atoms with van der Waals surface area (Å²) in [5, 5.41) is 10.1. The number of β-amino-alcohol motifs (C(OH)–C–C–N with tert-alkyl or cyclic N) is 1. The molecule has 6 nitrogen and oxygen atoms in total.